The molecule has 0 aliphatic heterocycles. The summed E-state index contributed by atoms with van der Waals surface area (Å²) in [4.78, 5) is 22.9. The Morgan fingerprint density at radius 1 is 1.05 bits per heavy atom. The molecule has 22 heavy (non-hydrogen) atoms. The Morgan fingerprint density at radius 3 is 2.18 bits per heavy atom. The Balaban J connectivity index is 1.80. The third kappa shape index (κ3) is 2.45. The van der Waals surface area contributed by atoms with Gasteiger partial charge in [-0.05, 0) is 30.5 Å². The highest BCUT2D eigenvalue weighted by atomic mass is 16.6. The summed E-state index contributed by atoms with van der Waals surface area (Å²) in [6, 6.07) is 15.7. The van der Waals surface area contributed by atoms with E-state index < -0.39 is 10.3 Å². The van der Waals surface area contributed by atoms with Gasteiger partial charge in [-0.3, -0.25) is 14.9 Å². The SMILES string of the molecule is O=C(Nc1ccc([N+](=O)[O-])cc1)C1(c2ccccc2)CCC1. The molecule has 5 nitrogen and oxygen atoms in total. The molecule has 0 spiro atoms. The molecule has 0 atom stereocenters. The van der Waals surface area contributed by atoms with Gasteiger partial charge in [0, 0.05) is 17.8 Å². The molecule has 0 bridgehead atoms. The number of nitrogens with one attached hydrogen (secondary N) is 1. The molecule has 1 saturated carbocycles. The van der Waals surface area contributed by atoms with E-state index in [2.05, 4.69) is 5.32 Å². The predicted octanol–water partition coefficient (Wildman–Crippen LogP) is 3.66. The average molecular weight is 296 g/mol. The van der Waals surface area contributed by atoms with Crippen molar-refractivity contribution in [2.24, 2.45) is 0 Å². The predicted molar refractivity (Wildman–Crippen MR) is 83.7 cm³/mol. The number of carbonyl (C=O) groups excluding carboxylic acids is 1. The lowest BCUT2D eigenvalue weighted by atomic mass is 9.64. The second-order valence-corrected chi connectivity index (χ2v) is 5.56. The van der Waals surface area contributed by atoms with Gasteiger partial charge in [0.05, 0.1) is 10.3 Å². The fraction of sp³-hybridized carbons (Fsp3) is 0.235. The van der Waals surface area contributed by atoms with Crippen LogP contribution in [0.4, 0.5) is 11.4 Å². The molecule has 0 saturated heterocycles. The van der Waals surface area contributed by atoms with Crippen LogP contribution < -0.4 is 5.32 Å². The molecule has 0 heterocycles. The first-order chi connectivity index (χ1) is 10.6. The largest absolute Gasteiger partial charge is 0.325 e. The zero-order valence-corrected chi connectivity index (χ0v) is 12.0. The lowest BCUT2D eigenvalue weighted by molar-refractivity contribution is -0.384. The van der Waals surface area contributed by atoms with Crippen molar-refractivity contribution in [2.45, 2.75) is 24.7 Å². The van der Waals surface area contributed by atoms with Crippen molar-refractivity contribution < 1.29 is 9.72 Å². The van der Waals surface area contributed by atoms with E-state index >= 15 is 0 Å². The average Bonchev–Trinajstić information content (AvgIpc) is 2.48. The normalized spacial score (nSPS) is 15.6. The zero-order chi connectivity index (χ0) is 15.6. The van der Waals surface area contributed by atoms with Crippen LogP contribution in [0.3, 0.4) is 0 Å². The summed E-state index contributed by atoms with van der Waals surface area (Å²) >= 11 is 0. The van der Waals surface area contributed by atoms with Crippen LogP contribution in [0.25, 0.3) is 0 Å². The van der Waals surface area contributed by atoms with Crippen LogP contribution in [0, 0.1) is 10.1 Å². The Hall–Kier alpha value is -2.69. The molecule has 1 aliphatic carbocycles. The molecule has 1 aliphatic rings. The maximum absolute atomic E-state index is 12.7. The van der Waals surface area contributed by atoms with E-state index in [-0.39, 0.29) is 11.6 Å². The monoisotopic (exact) mass is 296 g/mol. The van der Waals surface area contributed by atoms with Crippen molar-refractivity contribution >= 4 is 17.3 Å². The molecule has 1 N–H and O–H groups in total. The molecule has 0 radical (unpaired) electrons. The van der Waals surface area contributed by atoms with Crippen molar-refractivity contribution in [3.8, 4) is 0 Å². The Bertz CT molecular complexity index is 692. The van der Waals surface area contributed by atoms with Gasteiger partial charge in [0.25, 0.3) is 5.69 Å². The maximum atomic E-state index is 12.7. The first kappa shape index (κ1) is 14.3. The molecule has 1 amide bonds. The number of non-ortho nitro benzene ring substituents is 1. The van der Waals surface area contributed by atoms with Gasteiger partial charge in [0.15, 0.2) is 0 Å². The summed E-state index contributed by atoms with van der Waals surface area (Å²) in [5, 5.41) is 13.5. The minimum absolute atomic E-state index is 0.0133. The highest BCUT2D eigenvalue weighted by molar-refractivity contribution is 6.00. The van der Waals surface area contributed by atoms with Gasteiger partial charge in [-0.1, -0.05) is 36.8 Å². The van der Waals surface area contributed by atoms with Gasteiger partial charge >= 0.3 is 0 Å². The topological polar surface area (TPSA) is 72.2 Å². The molecule has 112 valence electrons. The molecular formula is C17H16N2O3. The molecule has 0 aromatic heterocycles. The van der Waals surface area contributed by atoms with Crippen LogP contribution in [0.2, 0.25) is 0 Å². The van der Waals surface area contributed by atoms with Crippen molar-refractivity contribution in [2.75, 3.05) is 5.32 Å². The van der Waals surface area contributed by atoms with E-state index in [1.165, 1.54) is 12.1 Å². The number of anilines is 1. The maximum Gasteiger partial charge on any atom is 0.269 e. The number of hydrogen-bond donors (Lipinski definition) is 1. The first-order valence-electron chi connectivity index (χ1n) is 7.23. The highest BCUT2D eigenvalue weighted by Gasteiger charge is 2.45. The lowest BCUT2D eigenvalue weighted by Crippen LogP contribution is -2.45. The number of nitro benzene ring substituents is 1. The van der Waals surface area contributed by atoms with Crippen molar-refractivity contribution in [3.63, 3.8) is 0 Å². The quantitative estimate of drug-likeness (QED) is 0.691. The molecular weight excluding hydrogens is 280 g/mol. The van der Waals surface area contributed by atoms with Gasteiger partial charge in [-0.2, -0.15) is 0 Å². The van der Waals surface area contributed by atoms with Gasteiger partial charge in [-0.15, -0.1) is 0 Å². The third-order valence-electron chi connectivity index (χ3n) is 4.30. The van der Waals surface area contributed by atoms with Gasteiger partial charge in [0.2, 0.25) is 5.91 Å². The van der Waals surface area contributed by atoms with Crippen LogP contribution in [-0.2, 0) is 10.2 Å². The van der Waals surface area contributed by atoms with E-state index in [1.54, 1.807) is 12.1 Å². The fourth-order valence-corrected chi connectivity index (χ4v) is 2.85. The second kappa shape index (κ2) is 5.60. The van der Waals surface area contributed by atoms with E-state index in [0.29, 0.717) is 5.69 Å². The first-order valence-corrected chi connectivity index (χ1v) is 7.23. The number of amides is 1. The van der Waals surface area contributed by atoms with Crippen LogP contribution in [0.1, 0.15) is 24.8 Å². The number of rotatable bonds is 4. The summed E-state index contributed by atoms with van der Waals surface area (Å²) in [6.07, 6.45) is 2.69. The van der Waals surface area contributed by atoms with Crippen LogP contribution in [0.5, 0.6) is 0 Å². The minimum Gasteiger partial charge on any atom is -0.325 e. The van der Waals surface area contributed by atoms with Crippen LogP contribution >= 0.6 is 0 Å². The Labute approximate surface area is 128 Å². The molecule has 1 fully saturated rings. The number of nitrogens with zero attached hydrogens (tertiary/aromatic N) is 1. The summed E-state index contributed by atoms with van der Waals surface area (Å²) in [5.74, 6) is -0.0428. The summed E-state index contributed by atoms with van der Waals surface area (Å²) in [7, 11) is 0. The van der Waals surface area contributed by atoms with Crippen molar-refractivity contribution in [1.29, 1.82) is 0 Å². The highest BCUT2D eigenvalue weighted by Crippen LogP contribution is 2.44. The molecule has 0 unspecified atom stereocenters. The van der Waals surface area contributed by atoms with Gasteiger partial charge in [0.1, 0.15) is 0 Å². The molecule has 2 aromatic carbocycles. The lowest BCUT2D eigenvalue weighted by Gasteiger charge is -2.40. The molecule has 3 rings (SSSR count). The van der Waals surface area contributed by atoms with Crippen LogP contribution in [-0.4, -0.2) is 10.8 Å². The van der Waals surface area contributed by atoms with E-state index in [4.69, 9.17) is 0 Å². The number of hydrogen-bond acceptors (Lipinski definition) is 3. The van der Waals surface area contributed by atoms with E-state index in [1.807, 2.05) is 30.3 Å². The van der Waals surface area contributed by atoms with E-state index in [0.717, 1.165) is 24.8 Å². The van der Waals surface area contributed by atoms with Gasteiger partial charge in [-0.25, -0.2) is 0 Å². The standard InChI is InChI=1S/C17H16N2O3/c20-16(18-14-7-9-15(10-8-14)19(21)22)17(11-4-12-17)13-5-2-1-3-6-13/h1-3,5-10H,4,11-12H2,(H,18,20). The zero-order valence-electron chi connectivity index (χ0n) is 12.0. The fourth-order valence-electron chi connectivity index (χ4n) is 2.85. The third-order valence-corrected chi connectivity index (χ3v) is 4.30. The summed E-state index contributed by atoms with van der Waals surface area (Å²) in [6.45, 7) is 0. The summed E-state index contributed by atoms with van der Waals surface area (Å²) < 4.78 is 0. The Morgan fingerprint density at radius 2 is 1.68 bits per heavy atom. The number of benzene rings is 2. The summed E-state index contributed by atoms with van der Waals surface area (Å²) in [5.41, 5.74) is 1.15. The Kier molecular flexibility index (Phi) is 3.63. The smallest absolute Gasteiger partial charge is 0.269 e. The number of carbonyl (C=O) groups is 1. The van der Waals surface area contributed by atoms with Gasteiger partial charge < -0.3 is 5.32 Å². The number of nitro groups is 1. The molecule has 5 heteroatoms. The van der Waals surface area contributed by atoms with Crippen LogP contribution in [0.15, 0.2) is 54.6 Å². The minimum atomic E-state index is -0.469. The van der Waals surface area contributed by atoms with E-state index in [9.17, 15) is 14.9 Å². The van der Waals surface area contributed by atoms with Crippen molar-refractivity contribution in [3.05, 3.63) is 70.3 Å². The van der Waals surface area contributed by atoms with Crippen molar-refractivity contribution in [1.82, 2.24) is 0 Å². The second-order valence-electron chi connectivity index (χ2n) is 5.56. The molecule has 2 aromatic rings.